The SMILES string of the molecule is C=C/C(=C\C(=N)N)N(N)/C=C\N. The standard InChI is InChI=1S/C7H13N5/c1-2-6(5-7(9)10)12(11)4-3-8/h2-5H,1,8,11H2,(H3,9,10)/b4-3-,6-5+. The molecular formula is C7H13N5. The van der Waals surface area contributed by atoms with Gasteiger partial charge in [0.05, 0.1) is 5.70 Å². The molecule has 0 fully saturated rings. The zero-order valence-electron chi connectivity index (χ0n) is 6.70. The number of nitrogens with zero attached hydrogens (tertiary/aromatic N) is 1. The molecule has 0 aliphatic carbocycles. The average molecular weight is 167 g/mol. The van der Waals surface area contributed by atoms with Crippen molar-refractivity contribution < 1.29 is 0 Å². The maximum atomic E-state index is 6.97. The normalized spacial score (nSPS) is 11.6. The molecule has 0 saturated heterocycles. The molecule has 12 heavy (non-hydrogen) atoms. The first-order valence-electron chi connectivity index (χ1n) is 3.22. The molecule has 0 amide bonds. The van der Waals surface area contributed by atoms with Crippen LogP contribution in [-0.4, -0.2) is 10.8 Å². The Morgan fingerprint density at radius 1 is 1.50 bits per heavy atom. The third kappa shape index (κ3) is 3.43. The van der Waals surface area contributed by atoms with Crippen molar-refractivity contribution in [2.45, 2.75) is 0 Å². The first-order valence-corrected chi connectivity index (χ1v) is 3.22. The summed E-state index contributed by atoms with van der Waals surface area (Å²) in [6.07, 6.45) is 5.54. The maximum absolute atomic E-state index is 6.97. The highest BCUT2D eigenvalue weighted by Gasteiger charge is 1.96. The van der Waals surface area contributed by atoms with E-state index in [1.54, 1.807) is 0 Å². The molecule has 0 bridgehead atoms. The van der Waals surface area contributed by atoms with Gasteiger partial charge in [-0.1, -0.05) is 6.58 Å². The summed E-state index contributed by atoms with van der Waals surface area (Å²) in [6, 6.07) is 0. The lowest BCUT2D eigenvalue weighted by molar-refractivity contribution is 0.508. The van der Waals surface area contributed by atoms with Gasteiger partial charge in [-0.2, -0.15) is 0 Å². The van der Waals surface area contributed by atoms with E-state index in [9.17, 15) is 0 Å². The summed E-state index contributed by atoms with van der Waals surface area (Å²) in [5, 5.41) is 8.19. The van der Waals surface area contributed by atoms with E-state index in [2.05, 4.69) is 6.58 Å². The van der Waals surface area contributed by atoms with Crippen molar-refractivity contribution in [3.05, 3.63) is 36.8 Å². The number of amidine groups is 1. The summed E-state index contributed by atoms with van der Waals surface area (Å²) in [7, 11) is 0. The van der Waals surface area contributed by atoms with Crippen molar-refractivity contribution in [2.75, 3.05) is 0 Å². The maximum Gasteiger partial charge on any atom is 0.117 e. The molecule has 5 nitrogen and oxygen atoms in total. The van der Waals surface area contributed by atoms with E-state index >= 15 is 0 Å². The van der Waals surface area contributed by atoms with E-state index in [1.165, 1.54) is 29.6 Å². The monoisotopic (exact) mass is 167 g/mol. The van der Waals surface area contributed by atoms with Crippen molar-refractivity contribution in [3.63, 3.8) is 0 Å². The number of rotatable bonds is 4. The zero-order chi connectivity index (χ0) is 9.56. The topological polar surface area (TPSA) is 105 Å². The zero-order valence-corrected chi connectivity index (χ0v) is 6.70. The van der Waals surface area contributed by atoms with E-state index in [0.717, 1.165) is 0 Å². The molecule has 0 unspecified atom stereocenters. The molecule has 0 aromatic heterocycles. The molecule has 0 aliphatic rings. The van der Waals surface area contributed by atoms with Crippen molar-refractivity contribution in [1.29, 1.82) is 5.41 Å². The minimum atomic E-state index is -0.0919. The van der Waals surface area contributed by atoms with Gasteiger partial charge in [0.1, 0.15) is 5.84 Å². The molecule has 0 aliphatic heterocycles. The fraction of sp³-hybridized carbons (Fsp3) is 0. The molecule has 5 heteroatoms. The number of nitrogens with one attached hydrogen (secondary N) is 1. The smallest absolute Gasteiger partial charge is 0.117 e. The van der Waals surface area contributed by atoms with Crippen LogP contribution in [0.1, 0.15) is 0 Å². The lowest BCUT2D eigenvalue weighted by atomic mass is 10.3. The van der Waals surface area contributed by atoms with Gasteiger partial charge in [0.15, 0.2) is 0 Å². The third-order valence-electron chi connectivity index (χ3n) is 1.06. The van der Waals surface area contributed by atoms with Gasteiger partial charge in [-0.3, -0.25) is 10.4 Å². The summed E-state index contributed by atoms with van der Waals surface area (Å²) in [5.41, 5.74) is 10.7. The second-order valence-corrected chi connectivity index (χ2v) is 1.98. The van der Waals surface area contributed by atoms with Gasteiger partial charge in [-0.05, 0) is 6.08 Å². The summed E-state index contributed by atoms with van der Waals surface area (Å²) < 4.78 is 0. The third-order valence-corrected chi connectivity index (χ3v) is 1.06. The lowest BCUT2D eigenvalue weighted by Crippen LogP contribution is -2.25. The van der Waals surface area contributed by atoms with Crippen molar-refractivity contribution in [3.8, 4) is 0 Å². The van der Waals surface area contributed by atoms with Crippen LogP contribution in [0.2, 0.25) is 0 Å². The molecule has 7 N–H and O–H groups in total. The first kappa shape index (κ1) is 10.2. The van der Waals surface area contributed by atoms with Crippen LogP contribution < -0.4 is 17.3 Å². The van der Waals surface area contributed by atoms with Crippen molar-refractivity contribution in [2.24, 2.45) is 17.3 Å². The Bertz CT molecular complexity index is 228. The number of hydrogen-bond donors (Lipinski definition) is 4. The van der Waals surface area contributed by atoms with Gasteiger partial charge in [0.25, 0.3) is 0 Å². The summed E-state index contributed by atoms with van der Waals surface area (Å²) >= 11 is 0. The minimum absolute atomic E-state index is 0.0919. The molecule has 0 radical (unpaired) electrons. The van der Waals surface area contributed by atoms with Gasteiger partial charge in [0.2, 0.25) is 0 Å². The van der Waals surface area contributed by atoms with Gasteiger partial charge < -0.3 is 11.5 Å². The summed E-state index contributed by atoms with van der Waals surface area (Å²) in [6.45, 7) is 3.50. The van der Waals surface area contributed by atoms with E-state index in [1.807, 2.05) is 0 Å². The summed E-state index contributed by atoms with van der Waals surface area (Å²) in [4.78, 5) is 0. The van der Waals surface area contributed by atoms with Gasteiger partial charge >= 0.3 is 0 Å². The van der Waals surface area contributed by atoms with Crippen LogP contribution in [0.15, 0.2) is 36.8 Å². The van der Waals surface area contributed by atoms with Crippen LogP contribution >= 0.6 is 0 Å². The Morgan fingerprint density at radius 2 is 2.08 bits per heavy atom. The Morgan fingerprint density at radius 3 is 2.42 bits per heavy atom. The fourth-order valence-electron chi connectivity index (χ4n) is 0.577. The van der Waals surface area contributed by atoms with Crippen molar-refractivity contribution in [1.82, 2.24) is 5.01 Å². The number of allylic oxidation sites excluding steroid dienone is 1. The largest absolute Gasteiger partial charge is 0.403 e. The van der Waals surface area contributed by atoms with Crippen LogP contribution in [0.25, 0.3) is 0 Å². The van der Waals surface area contributed by atoms with Crippen LogP contribution in [0.3, 0.4) is 0 Å². The van der Waals surface area contributed by atoms with Gasteiger partial charge in [-0.15, -0.1) is 0 Å². The predicted molar refractivity (Wildman–Crippen MR) is 49.5 cm³/mol. The lowest BCUT2D eigenvalue weighted by Gasteiger charge is -2.13. The number of hydrazine groups is 1. The Labute approximate surface area is 71.3 Å². The quantitative estimate of drug-likeness (QED) is 0.150. The molecular weight excluding hydrogens is 154 g/mol. The molecule has 0 aromatic carbocycles. The predicted octanol–water partition coefficient (Wildman–Crippen LogP) is -0.402. The van der Waals surface area contributed by atoms with E-state index < -0.39 is 0 Å². The van der Waals surface area contributed by atoms with Gasteiger partial charge in [0, 0.05) is 18.5 Å². The molecule has 0 spiro atoms. The summed E-state index contributed by atoms with van der Waals surface area (Å²) in [5.74, 6) is 5.37. The van der Waals surface area contributed by atoms with Crippen LogP contribution in [0.5, 0.6) is 0 Å². The Hall–Kier alpha value is -1.75. The van der Waals surface area contributed by atoms with Crippen molar-refractivity contribution >= 4 is 5.84 Å². The molecule has 0 aromatic rings. The highest BCUT2D eigenvalue weighted by atomic mass is 15.4. The molecule has 0 atom stereocenters. The van der Waals surface area contributed by atoms with E-state index in [0.29, 0.717) is 5.70 Å². The number of nitrogens with two attached hydrogens (primary N) is 3. The van der Waals surface area contributed by atoms with Crippen LogP contribution in [-0.2, 0) is 0 Å². The molecule has 0 heterocycles. The van der Waals surface area contributed by atoms with Gasteiger partial charge in [-0.25, -0.2) is 5.84 Å². The highest BCUT2D eigenvalue weighted by molar-refractivity contribution is 5.89. The van der Waals surface area contributed by atoms with E-state index in [4.69, 9.17) is 22.7 Å². The minimum Gasteiger partial charge on any atom is -0.403 e. The van der Waals surface area contributed by atoms with E-state index in [-0.39, 0.29) is 5.84 Å². The second-order valence-electron chi connectivity index (χ2n) is 1.98. The second kappa shape index (κ2) is 4.97. The highest BCUT2D eigenvalue weighted by Crippen LogP contribution is 1.99. The molecule has 0 saturated carbocycles. The Kier molecular flexibility index (Phi) is 4.25. The average Bonchev–Trinajstić information content (AvgIpc) is 2.00. The fourth-order valence-corrected chi connectivity index (χ4v) is 0.577. The molecule has 0 rings (SSSR count). The van der Waals surface area contributed by atoms with Crippen LogP contribution in [0.4, 0.5) is 0 Å². The first-order chi connectivity index (χ1) is 5.61. The number of hydrogen-bond acceptors (Lipinski definition) is 4. The Balaban J connectivity index is 4.54. The van der Waals surface area contributed by atoms with Crippen LogP contribution in [0, 0.1) is 5.41 Å². The molecule has 66 valence electrons.